The molecule has 0 amide bonds. The van der Waals surface area contributed by atoms with E-state index in [1.165, 1.54) is 60.5 Å². The highest BCUT2D eigenvalue weighted by atomic mass is 16.3. The van der Waals surface area contributed by atoms with E-state index >= 15 is 0 Å². The zero-order valence-electron chi connectivity index (χ0n) is 31.3. The average molecular weight is 740 g/mol. The van der Waals surface area contributed by atoms with Gasteiger partial charge in [0, 0.05) is 50.1 Å². The van der Waals surface area contributed by atoms with Gasteiger partial charge in [0.2, 0.25) is 0 Å². The van der Waals surface area contributed by atoms with Crippen molar-refractivity contribution < 1.29 is 8.83 Å². The van der Waals surface area contributed by atoms with Gasteiger partial charge in [-0.3, -0.25) is 0 Å². The second-order valence-electron chi connectivity index (χ2n) is 15.7. The second kappa shape index (κ2) is 12.0. The number of hydrogen-bond acceptors (Lipinski definition) is 3. The van der Waals surface area contributed by atoms with Crippen molar-refractivity contribution in [3.8, 4) is 44.8 Å². The minimum Gasteiger partial charge on any atom is -0.456 e. The van der Waals surface area contributed by atoms with E-state index in [4.69, 9.17) is 13.8 Å². The van der Waals surface area contributed by atoms with Gasteiger partial charge in [-0.05, 0) is 98.3 Å². The molecule has 3 aliphatic carbocycles. The molecule has 270 valence electrons. The van der Waals surface area contributed by atoms with Crippen molar-refractivity contribution in [2.24, 2.45) is 5.92 Å². The topological polar surface area (TPSA) is 39.2 Å². The van der Waals surface area contributed by atoms with E-state index in [2.05, 4.69) is 170 Å². The summed E-state index contributed by atoms with van der Waals surface area (Å²) in [6, 6.07) is 54.1. The van der Waals surface area contributed by atoms with Crippen molar-refractivity contribution in [2.45, 2.75) is 5.92 Å². The first-order chi connectivity index (χ1) is 28.7. The van der Waals surface area contributed by atoms with Crippen LogP contribution in [0.4, 0.5) is 0 Å². The average Bonchev–Trinajstić information content (AvgIpc) is 3.96. The van der Waals surface area contributed by atoms with Gasteiger partial charge in [-0.2, -0.15) is 0 Å². The molecular weight excluding hydrogens is 707 g/mol. The molecule has 0 aliphatic heterocycles. The molecule has 3 heteroatoms. The Hall–Kier alpha value is -7.49. The van der Waals surface area contributed by atoms with E-state index in [1.807, 2.05) is 18.2 Å². The first-order valence-electron chi connectivity index (χ1n) is 20.0. The lowest BCUT2D eigenvalue weighted by molar-refractivity contribution is 0.668. The van der Waals surface area contributed by atoms with E-state index in [9.17, 15) is 0 Å². The number of furan rings is 2. The Morgan fingerprint density at radius 3 is 2.02 bits per heavy atom. The zero-order valence-corrected chi connectivity index (χ0v) is 31.3. The third kappa shape index (κ3) is 4.53. The number of aromatic nitrogens is 1. The summed E-state index contributed by atoms with van der Waals surface area (Å²) in [4.78, 5) is 5.28. The fraction of sp³-hybridized carbons (Fsp3) is 0.0364. The fourth-order valence-electron chi connectivity index (χ4n) is 10.1. The summed E-state index contributed by atoms with van der Waals surface area (Å²) in [5.41, 5.74) is 17.8. The number of benzene rings is 7. The van der Waals surface area contributed by atoms with Gasteiger partial charge < -0.3 is 8.83 Å². The second-order valence-corrected chi connectivity index (χ2v) is 15.7. The first kappa shape index (κ1) is 31.7. The van der Waals surface area contributed by atoms with Crippen LogP contribution < -0.4 is 0 Å². The summed E-state index contributed by atoms with van der Waals surface area (Å²) in [7, 11) is 0. The monoisotopic (exact) mass is 739 g/mol. The summed E-state index contributed by atoms with van der Waals surface area (Å²) in [5.74, 6) is 0.326. The number of hydrogen-bond donors (Lipinski definition) is 0. The molecule has 3 aromatic heterocycles. The molecule has 0 N–H and O–H groups in total. The molecule has 0 radical (unpaired) electrons. The van der Waals surface area contributed by atoms with Crippen LogP contribution in [0.5, 0.6) is 0 Å². The van der Waals surface area contributed by atoms with E-state index < -0.39 is 0 Å². The van der Waals surface area contributed by atoms with Gasteiger partial charge in [0.25, 0.3) is 0 Å². The smallest absolute Gasteiger partial charge is 0.136 e. The highest BCUT2D eigenvalue weighted by Gasteiger charge is 2.33. The van der Waals surface area contributed by atoms with Crippen LogP contribution >= 0.6 is 0 Å². The molecule has 7 aromatic carbocycles. The highest BCUT2D eigenvalue weighted by Crippen LogP contribution is 2.54. The van der Waals surface area contributed by atoms with Crippen LogP contribution in [-0.2, 0) is 0 Å². The molecule has 3 aliphatic rings. The van der Waals surface area contributed by atoms with E-state index in [0.717, 1.165) is 61.2 Å². The summed E-state index contributed by atoms with van der Waals surface area (Å²) in [5, 5.41) is 7.26. The third-order valence-corrected chi connectivity index (χ3v) is 12.6. The van der Waals surface area contributed by atoms with Crippen LogP contribution in [0.2, 0.25) is 0 Å². The molecule has 2 unspecified atom stereocenters. The molecule has 0 bridgehead atoms. The predicted molar refractivity (Wildman–Crippen MR) is 239 cm³/mol. The maximum atomic E-state index is 6.35. The molecule has 0 spiro atoms. The van der Waals surface area contributed by atoms with Crippen LogP contribution in [0.25, 0.3) is 105 Å². The molecule has 0 saturated heterocycles. The maximum Gasteiger partial charge on any atom is 0.136 e. The van der Waals surface area contributed by atoms with Crippen molar-refractivity contribution in [1.29, 1.82) is 0 Å². The molecule has 13 rings (SSSR count). The molecule has 0 fully saturated rings. The predicted octanol–water partition coefficient (Wildman–Crippen LogP) is 14.9. The Kier molecular flexibility index (Phi) is 6.56. The van der Waals surface area contributed by atoms with Crippen LogP contribution in [0, 0.1) is 5.92 Å². The lowest BCUT2D eigenvalue weighted by atomic mass is 9.71. The Balaban J connectivity index is 0.923. The first-order valence-corrected chi connectivity index (χ1v) is 20.0. The molecule has 2 atom stereocenters. The molecule has 3 nitrogen and oxygen atoms in total. The summed E-state index contributed by atoms with van der Waals surface area (Å²) in [6.07, 6.45) is 13.9. The normalized spacial score (nSPS) is 16.7. The SMILES string of the molecule is C1=CC2C(=CC=CC2c2ccc3c4c(cccc24)-c2ccc4oc5ccccc5c4c2-3)C(c2cc(-c3ccccc3)nc(-c3ccc4c(c3)oc3ccccc34)c2)=C1. The van der Waals surface area contributed by atoms with Crippen LogP contribution in [0.3, 0.4) is 0 Å². The van der Waals surface area contributed by atoms with E-state index in [0.29, 0.717) is 0 Å². The molecular formula is C55H33NO2. The zero-order chi connectivity index (χ0) is 37.9. The van der Waals surface area contributed by atoms with Crippen LogP contribution in [0.1, 0.15) is 17.0 Å². The van der Waals surface area contributed by atoms with E-state index in [1.54, 1.807) is 0 Å². The van der Waals surface area contributed by atoms with Gasteiger partial charge in [0.15, 0.2) is 0 Å². The number of allylic oxidation sites excluding steroid dienone is 8. The molecule has 58 heavy (non-hydrogen) atoms. The van der Waals surface area contributed by atoms with Crippen molar-refractivity contribution in [2.75, 3.05) is 0 Å². The summed E-state index contributed by atoms with van der Waals surface area (Å²) >= 11 is 0. The summed E-state index contributed by atoms with van der Waals surface area (Å²) in [6.45, 7) is 0. The Morgan fingerprint density at radius 1 is 0.414 bits per heavy atom. The van der Waals surface area contributed by atoms with Gasteiger partial charge >= 0.3 is 0 Å². The minimum atomic E-state index is 0.160. The van der Waals surface area contributed by atoms with Crippen molar-refractivity contribution in [1.82, 2.24) is 4.98 Å². The van der Waals surface area contributed by atoms with Crippen LogP contribution in [-0.4, -0.2) is 4.98 Å². The van der Waals surface area contributed by atoms with Crippen molar-refractivity contribution in [3.63, 3.8) is 0 Å². The number of nitrogens with zero attached hydrogens (tertiary/aromatic N) is 1. The fourth-order valence-corrected chi connectivity index (χ4v) is 10.1. The van der Waals surface area contributed by atoms with Crippen molar-refractivity contribution >= 4 is 60.2 Å². The van der Waals surface area contributed by atoms with Gasteiger partial charge in [-0.15, -0.1) is 0 Å². The summed E-state index contributed by atoms with van der Waals surface area (Å²) < 4.78 is 12.7. The Bertz CT molecular complexity index is 3520. The number of pyridine rings is 1. The maximum absolute atomic E-state index is 6.35. The van der Waals surface area contributed by atoms with E-state index in [-0.39, 0.29) is 11.8 Å². The quantitative estimate of drug-likeness (QED) is 0.180. The molecule has 0 saturated carbocycles. The Labute approximate surface area is 334 Å². The van der Waals surface area contributed by atoms with Gasteiger partial charge in [-0.25, -0.2) is 4.98 Å². The largest absolute Gasteiger partial charge is 0.456 e. The van der Waals surface area contributed by atoms with Gasteiger partial charge in [0.1, 0.15) is 22.3 Å². The third-order valence-electron chi connectivity index (χ3n) is 12.6. The van der Waals surface area contributed by atoms with Gasteiger partial charge in [0.05, 0.1) is 11.4 Å². The number of fused-ring (bicyclic) bond motifs is 11. The number of rotatable bonds is 4. The highest BCUT2D eigenvalue weighted by molar-refractivity contribution is 6.25. The standard InChI is InChI=1S/C55H33NO2/c1-2-11-32(12-3-1)47-29-34(30-48(56-47)33-23-24-41-40-13-4-6-21-49(40)58-52(41)31-33)35-15-8-17-37-36(35)16-9-18-38(37)39-25-26-46-53-42(39)19-10-20-43(53)44-27-28-51-55(54(44)46)45-14-5-7-22-50(45)57-51/h1-31,37-38H. The van der Waals surface area contributed by atoms with Crippen molar-refractivity contribution in [3.05, 3.63) is 205 Å². The molecule has 10 aromatic rings. The lowest BCUT2D eigenvalue weighted by Gasteiger charge is -2.32. The van der Waals surface area contributed by atoms with Crippen LogP contribution in [0.15, 0.2) is 203 Å². The Morgan fingerprint density at radius 2 is 1.12 bits per heavy atom. The van der Waals surface area contributed by atoms with Gasteiger partial charge in [-0.1, -0.05) is 140 Å². The number of para-hydroxylation sites is 2. The minimum absolute atomic E-state index is 0.160. The lowest BCUT2D eigenvalue weighted by Crippen LogP contribution is -2.17. The molecule has 3 heterocycles.